The van der Waals surface area contributed by atoms with E-state index in [2.05, 4.69) is 20.5 Å². The van der Waals surface area contributed by atoms with E-state index in [0.29, 0.717) is 30.7 Å². The molecule has 1 aliphatic heterocycles. The molecule has 1 N–H and O–H groups in total. The third-order valence-electron chi connectivity index (χ3n) is 5.77. The van der Waals surface area contributed by atoms with Crippen LogP contribution in [0.4, 0.5) is 23.8 Å². The molecule has 1 saturated heterocycles. The van der Waals surface area contributed by atoms with Gasteiger partial charge >= 0.3 is 12.3 Å². The number of anilines is 1. The summed E-state index contributed by atoms with van der Waals surface area (Å²) in [6.45, 7) is 6.90. The standard InChI is InChI=1S/C22H26F3N5O2/c1-21(2,3)32-20(31)30-11-13-9-15(10-14(13)12-30)27-18-7-6-17(28-29-18)16-5-4-8-26-19(16)22(23,24)25/h4-8,13-15H,9-12H2,1-3H3,(H,27,29)/t13-,14+,15?. The van der Waals surface area contributed by atoms with Crippen LogP contribution in [0.3, 0.4) is 0 Å². The molecule has 2 aliphatic rings. The van der Waals surface area contributed by atoms with Gasteiger partial charge in [0, 0.05) is 30.9 Å². The molecular weight excluding hydrogens is 423 g/mol. The molecule has 0 radical (unpaired) electrons. The van der Waals surface area contributed by atoms with E-state index in [1.165, 1.54) is 18.2 Å². The minimum absolute atomic E-state index is 0.100. The average molecular weight is 449 g/mol. The number of aromatic nitrogens is 3. The zero-order chi connectivity index (χ0) is 23.1. The molecule has 2 fully saturated rings. The number of carbonyl (C=O) groups is 1. The van der Waals surface area contributed by atoms with Gasteiger partial charge in [-0.2, -0.15) is 13.2 Å². The number of halogens is 3. The normalized spacial score (nSPS) is 23.2. The Labute approximate surface area is 184 Å². The molecule has 3 heterocycles. The number of hydrogen-bond donors (Lipinski definition) is 1. The lowest BCUT2D eigenvalue weighted by Crippen LogP contribution is -2.36. The number of rotatable bonds is 3. The van der Waals surface area contributed by atoms with Crippen molar-refractivity contribution in [2.45, 2.75) is 51.4 Å². The predicted octanol–water partition coefficient (Wildman–Crippen LogP) is 4.61. The first-order valence-corrected chi connectivity index (χ1v) is 10.6. The Morgan fingerprint density at radius 3 is 2.34 bits per heavy atom. The Bertz CT molecular complexity index is 961. The quantitative estimate of drug-likeness (QED) is 0.737. The highest BCUT2D eigenvalue weighted by Crippen LogP contribution is 2.40. The lowest BCUT2D eigenvalue weighted by Gasteiger charge is -2.25. The topological polar surface area (TPSA) is 80.2 Å². The maximum atomic E-state index is 13.2. The minimum Gasteiger partial charge on any atom is -0.444 e. The molecule has 1 aliphatic carbocycles. The van der Waals surface area contributed by atoms with Crippen LogP contribution in [0.5, 0.6) is 0 Å². The van der Waals surface area contributed by atoms with Crippen molar-refractivity contribution in [3.63, 3.8) is 0 Å². The molecule has 10 heteroatoms. The van der Waals surface area contributed by atoms with E-state index < -0.39 is 17.5 Å². The highest BCUT2D eigenvalue weighted by Gasteiger charge is 2.43. The lowest BCUT2D eigenvalue weighted by molar-refractivity contribution is -0.140. The molecule has 2 aromatic heterocycles. The first kappa shape index (κ1) is 22.3. The summed E-state index contributed by atoms with van der Waals surface area (Å²) >= 11 is 0. The number of pyridine rings is 1. The predicted molar refractivity (Wildman–Crippen MR) is 112 cm³/mol. The Hall–Kier alpha value is -2.91. The number of likely N-dealkylation sites (tertiary alicyclic amines) is 1. The number of amides is 1. The average Bonchev–Trinajstić information content (AvgIpc) is 3.25. The fraction of sp³-hybridized carbons (Fsp3) is 0.545. The van der Waals surface area contributed by atoms with Crippen LogP contribution in [0.2, 0.25) is 0 Å². The van der Waals surface area contributed by atoms with Crippen LogP contribution in [-0.2, 0) is 10.9 Å². The molecule has 7 nitrogen and oxygen atoms in total. The third-order valence-corrected chi connectivity index (χ3v) is 5.77. The highest BCUT2D eigenvalue weighted by atomic mass is 19.4. The van der Waals surface area contributed by atoms with E-state index >= 15 is 0 Å². The van der Waals surface area contributed by atoms with E-state index in [1.54, 1.807) is 11.0 Å². The van der Waals surface area contributed by atoms with Crippen LogP contribution in [0.15, 0.2) is 30.5 Å². The first-order valence-electron chi connectivity index (χ1n) is 10.6. The Morgan fingerprint density at radius 2 is 1.78 bits per heavy atom. The SMILES string of the molecule is CC(C)(C)OC(=O)N1C[C@H]2CC(Nc3ccc(-c4cccnc4C(F)(F)F)nn3)C[C@H]2C1. The maximum Gasteiger partial charge on any atom is 0.434 e. The second-order valence-electron chi connectivity index (χ2n) is 9.42. The molecule has 1 saturated carbocycles. The molecule has 0 bridgehead atoms. The number of alkyl halides is 3. The van der Waals surface area contributed by atoms with Crippen molar-refractivity contribution in [2.24, 2.45) is 11.8 Å². The second-order valence-corrected chi connectivity index (χ2v) is 9.42. The Morgan fingerprint density at radius 1 is 1.09 bits per heavy atom. The van der Waals surface area contributed by atoms with Gasteiger partial charge < -0.3 is 15.0 Å². The highest BCUT2D eigenvalue weighted by molar-refractivity contribution is 5.68. The van der Waals surface area contributed by atoms with Gasteiger partial charge in [0.2, 0.25) is 0 Å². The summed E-state index contributed by atoms with van der Waals surface area (Å²) in [5.41, 5.74) is -1.47. The van der Waals surface area contributed by atoms with E-state index in [1.807, 2.05) is 20.8 Å². The summed E-state index contributed by atoms with van der Waals surface area (Å²) in [5.74, 6) is 1.29. The molecule has 3 atom stereocenters. The first-order chi connectivity index (χ1) is 15.0. The van der Waals surface area contributed by atoms with Crippen molar-refractivity contribution in [3.05, 3.63) is 36.2 Å². The van der Waals surface area contributed by atoms with Crippen molar-refractivity contribution in [2.75, 3.05) is 18.4 Å². The van der Waals surface area contributed by atoms with Crippen LogP contribution in [0, 0.1) is 11.8 Å². The summed E-state index contributed by atoms with van der Waals surface area (Å²) in [5, 5.41) is 11.4. The van der Waals surface area contributed by atoms with Gasteiger partial charge in [-0.15, -0.1) is 10.2 Å². The molecule has 0 aromatic carbocycles. The van der Waals surface area contributed by atoms with Gasteiger partial charge in [-0.25, -0.2) is 4.79 Å². The lowest BCUT2D eigenvalue weighted by atomic mass is 10.0. The number of ether oxygens (including phenoxy) is 1. The molecule has 2 aromatic rings. The fourth-order valence-corrected chi connectivity index (χ4v) is 4.49. The molecule has 32 heavy (non-hydrogen) atoms. The van der Waals surface area contributed by atoms with Gasteiger partial charge in [0.15, 0.2) is 5.69 Å². The van der Waals surface area contributed by atoms with Crippen molar-refractivity contribution < 1.29 is 22.7 Å². The molecule has 1 unspecified atom stereocenters. The zero-order valence-corrected chi connectivity index (χ0v) is 18.2. The smallest absolute Gasteiger partial charge is 0.434 e. The summed E-state index contributed by atoms with van der Waals surface area (Å²) in [4.78, 5) is 17.5. The van der Waals surface area contributed by atoms with Gasteiger partial charge in [0.05, 0.1) is 5.69 Å². The van der Waals surface area contributed by atoms with Crippen LogP contribution < -0.4 is 5.32 Å². The third kappa shape index (κ3) is 4.94. The minimum atomic E-state index is -4.57. The zero-order valence-electron chi connectivity index (χ0n) is 18.2. The van der Waals surface area contributed by atoms with Crippen LogP contribution in [0.25, 0.3) is 11.3 Å². The van der Waals surface area contributed by atoms with Crippen molar-refractivity contribution in [1.29, 1.82) is 0 Å². The van der Waals surface area contributed by atoms with E-state index in [-0.39, 0.29) is 23.4 Å². The van der Waals surface area contributed by atoms with E-state index in [0.717, 1.165) is 19.0 Å². The Balaban J connectivity index is 1.35. The number of nitrogens with one attached hydrogen (secondary N) is 1. The van der Waals surface area contributed by atoms with Crippen LogP contribution in [0.1, 0.15) is 39.3 Å². The fourth-order valence-electron chi connectivity index (χ4n) is 4.49. The molecule has 1 amide bonds. The van der Waals surface area contributed by atoms with Crippen molar-refractivity contribution in [3.8, 4) is 11.3 Å². The summed E-state index contributed by atoms with van der Waals surface area (Å²) in [6, 6.07) is 6.10. The van der Waals surface area contributed by atoms with Crippen molar-refractivity contribution >= 4 is 11.9 Å². The van der Waals surface area contributed by atoms with E-state index in [4.69, 9.17) is 4.74 Å². The maximum absolute atomic E-state index is 13.2. The van der Waals surface area contributed by atoms with E-state index in [9.17, 15) is 18.0 Å². The van der Waals surface area contributed by atoms with Gasteiger partial charge in [0.25, 0.3) is 0 Å². The van der Waals surface area contributed by atoms with Gasteiger partial charge in [-0.05, 0) is 69.7 Å². The molecular formula is C22H26F3N5O2. The number of nitrogens with zero attached hydrogens (tertiary/aromatic N) is 4. The van der Waals surface area contributed by atoms with Crippen LogP contribution >= 0.6 is 0 Å². The van der Waals surface area contributed by atoms with Crippen molar-refractivity contribution in [1.82, 2.24) is 20.1 Å². The Kier molecular flexibility index (Phi) is 5.72. The van der Waals surface area contributed by atoms with Gasteiger partial charge in [-0.1, -0.05) is 0 Å². The molecule has 172 valence electrons. The van der Waals surface area contributed by atoms with Crippen LogP contribution in [-0.4, -0.2) is 50.9 Å². The summed E-state index contributed by atoms with van der Waals surface area (Å²) < 4.78 is 45.1. The number of carbonyl (C=O) groups excluding carboxylic acids is 1. The molecule has 0 spiro atoms. The van der Waals surface area contributed by atoms with Gasteiger partial charge in [-0.3, -0.25) is 4.98 Å². The second kappa shape index (κ2) is 8.22. The largest absolute Gasteiger partial charge is 0.444 e. The number of hydrogen-bond acceptors (Lipinski definition) is 6. The van der Waals surface area contributed by atoms with Gasteiger partial charge in [0.1, 0.15) is 11.4 Å². The monoisotopic (exact) mass is 449 g/mol. The number of fused-ring (bicyclic) bond motifs is 1. The summed E-state index contributed by atoms with van der Waals surface area (Å²) in [6.07, 6.45) is -1.96. The molecule has 4 rings (SSSR count). The summed E-state index contributed by atoms with van der Waals surface area (Å²) in [7, 11) is 0.